The summed E-state index contributed by atoms with van der Waals surface area (Å²) in [5.74, 6) is 0.323. The zero-order valence-electron chi connectivity index (χ0n) is 19.1. The van der Waals surface area contributed by atoms with Gasteiger partial charge in [-0.3, -0.25) is 4.79 Å². The summed E-state index contributed by atoms with van der Waals surface area (Å²) in [6, 6.07) is 25.0. The van der Waals surface area contributed by atoms with E-state index in [2.05, 4.69) is 15.2 Å². The summed E-state index contributed by atoms with van der Waals surface area (Å²) in [4.78, 5) is 19.5. The molecule has 0 saturated carbocycles. The number of carbonyl (C=O) groups excluding carboxylic acids is 1. The molecule has 0 radical (unpaired) electrons. The third kappa shape index (κ3) is 6.01. The van der Waals surface area contributed by atoms with E-state index in [-0.39, 0.29) is 11.7 Å². The van der Waals surface area contributed by atoms with Gasteiger partial charge < -0.3 is 10.2 Å². The van der Waals surface area contributed by atoms with Crippen LogP contribution in [0.25, 0.3) is 0 Å². The molecular weight excluding hydrogens is 448 g/mol. The fraction of sp³-hybridized carbons (Fsp3) is 0.308. The van der Waals surface area contributed by atoms with E-state index in [1.807, 2.05) is 78.9 Å². The van der Waals surface area contributed by atoms with Gasteiger partial charge >= 0.3 is 0 Å². The molecule has 1 saturated heterocycles. The van der Waals surface area contributed by atoms with Crippen molar-refractivity contribution in [2.45, 2.75) is 12.3 Å². The van der Waals surface area contributed by atoms with Crippen molar-refractivity contribution >= 4 is 21.7 Å². The van der Waals surface area contributed by atoms with Crippen LogP contribution >= 0.6 is 0 Å². The molecule has 1 amide bonds. The predicted molar refractivity (Wildman–Crippen MR) is 134 cm³/mol. The van der Waals surface area contributed by atoms with Crippen LogP contribution in [0.2, 0.25) is 0 Å². The van der Waals surface area contributed by atoms with Crippen LogP contribution in [-0.2, 0) is 14.8 Å². The highest BCUT2D eigenvalue weighted by Crippen LogP contribution is 2.24. The molecule has 1 fully saturated rings. The lowest BCUT2D eigenvalue weighted by atomic mass is 9.90. The molecule has 3 aromatic rings. The number of rotatable bonds is 9. The zero-order valence-corrected chi connectivity index (χ0v) is 19.9. The normalized spacial score (nSPS) is 14.8. The van der Waals surface area contributed by atoms with Crippen molar-refractivity contribution in [1.82, 2.24) is 14.6 Å². The summed E-state index contributed by atoms with van der Waals surface area (Å²) in [5.41, 5.74) is 1.81. The van der Waals surface area contributed by atoms with Gasteiger partial charge in [0.2, 0.25) is 15.9 Å². The minimum absolute atomic E-state index is 0.0121. The maximum absolute atomic E-state index is 13.1. The van der Waals surface area contributed by atoms with Crippen molar-refractivity contribution in [2.75, 3.05) is 43.4 Å². The third-order valence-electron chi connectivity index (χ3n) is 6.01. The molecule has 1 aliphatic rings. The first-order chi connectivity index (χ1) is 16.5. The quantitative estimate of drug-likeness (QED) is 0.478. The Labute approximate surface area is 201 Å². The van der Waals surface area contributed by atoms with Crippen LogP contribution in [0.5, 0.6) is 0 Å². The number of anilines is 1. The maximum atomic E-state index is 13.1. The van der Waals surface area contributed by atoms with Crippen molar-refractivity contribution in [3.8, 4) is 0 Å². The highest BCUT2D eigenvalue weighted by atomic mass is 32.2. The van der Waals surface area contributed by atoms with E-state index in [4.69, 9.17) is 0 Å². The minimum atomic E-state index is -3.38. The largest absolute Gasteiger partial charge is 0.355 e. The Hall–Kier alpha value is -3.23. The second kappa shape index (κ2) is 11.3. The maximum Gasteiger partial charge on any atom is 0.232 e. The molecule has 7 nitrogen and oxygen atoms in total. The predicted octanol–water partition coefficient (Wildman–Crippen LogP) is 2.87. The second-order valence-electron chi connectivity index (χ2n) is 8.29. The molecule has 2 heterocycles. The van der Waals surface area contributed by atoms with E-state index < -0.39 is 15.9 Å². The van der Waals surface area contributed by atoms with Crippen LogP contribution in [0, 0.1) is 0 Å². The number of amides is 1. The lowest BCUT2D eigenvalue weighted by molar-refractivity contribution is -0.121. The number of benzene rings is 2. The van der Waals surface area contributed by atoms with E-state index in [1.54, 1.807) is 10.5 Å². The van der Waals surface area contributed by atoms with E-state index in [0.29, 0.717) is 39.1 Å². The summed E-state index contributed by atoms with van der Waals surface area (Å²) in [5, 5.41) is 2.95. The lowest BCUT2D eigenvalue weighted by Crippen LogP contribution is -2.49. The monoisotopic (exact) mass is 478 g/mol. The molecule has 4 rings (SSSR count). The molecule has 1 aromatic heterocycles. The molecular formula is C26H30N4O3S. The summed E-state index contributed by atoms with van der Waals surface area (Å²) in [6.07, 6.45) is 2.11. The first kappa shape index (κ1) is 23.9. The number of nitrogens with zero attached hydrogens (tertiary/aromatic N) is 3. The molecule has 0 atom stereocenters. The molecule has 34 heavy (non-hydrogen) atoms. The zero-order chi connectivity index (χ0) is 23.8. The van der Waals surface area contributed by atoms with Gasteiger partial charge in [-0.2, -0.15) is 4.31 Å². The van der Waals surface area contributed by atoms with E-state index in [9.17, 15) is 13.2 Å². The van der Waals surface area contributed by atoms with Gasteiger partial charge in [0.1, 0.15) is 5.82 Å². The number of sulfonamides is 1. The summed E-state index contributed by atoms with van der Waals surface area (Å²) in [7, 11) is -3.38. The first-order valence-corrected chi connectivity index (χ1v) is 13.2. The summed E-state index contributed by atoms with van der Waals surface area (Å²) < 4.78 is 27.2. The topological polar surface area (TPSA) is 82.6 Å². The number of piperazine rings is 1. The van der Waals surface area contributed by atoms with Gasteiger partial charge in [0.25, 0.3) is 0 Å². The molecule has 1 N–H and O–H groups in total. The fourth-order valence-electron chi connectivity index (χ4n) is 4.22. The number of hydrogen-bond acceptors (Lipinski definition) is 5. The summed E-state index contributed by atoms with van der Waals surface area (Å²) >= 11 is 0. The van der Waals surface area contributed by atoms with Crippen LogP contribution in [-0.4, -0.2) is 62.1 Å². The number of aromatic nitrogens is 1. The van der Waals surface area contributed by atoms with E-state index >= 15 is 0 Å². The van der Waals surface area contributed by atoms with Gasteiger partial charge in [-0.25, -0.2) is 13.4 Å². The van der Waals surface area contributed by atoms with Gasteiger partial charge in [0, 0.05) is 38.9 Å². The van der Waals surface area contributed by atoms with Crippen molar-refractivity contribution in [2.24, 2.45) is 0 Å². The Morgan fingerprint density at radius 3 is 2.00 bits per heavy atom. The second-order valence-corrected chi connectivity index (χ2v) is 10.4. The molecule has 2 aromatic carbocycles. The number of nitrogens with one attached hydrogen (secondary N) is 1. The third-order valence-corrected chi connectivity index (χ3v) is 7.97. The number of pyridine rings is 1. The smallest absolute Gasteiger partial charge is 0.232 e. The van der Waals surface area contributed by atoms with Crippen molar-refractivity contribution in [1.29, 1.82) is 0 Å². The van der Waals surface area contributed by atoms with Crippen LogP contribution in [0.15, 0.2) is 85.1 Å². The Morgan fingerprint density at radius 1 is 0.853 bits per heavy atom. The molecule has 178 valence electrons. The van der Waals surface area contributed by atoms with Gasteiger partial charge in [-0.1, -0.05) is 66.7 Å². The number of carbonyl (C=O) groups is 1. The molecule has 0 unspecified atom stereocenters. The van der Waals surface area contributed by atoms with E-state index in [1.165, 1.54) is 0 Å². The first-order valence-electron chi connectivity index (χ1n) is 11.6. The molecule has 0 aliphatic carbocycles. The van der Waals surface area contributed by atoms with Crippen LogP contribution in [0.4, 0.5) is 5.82 Å². The highest BCUT2D eigenvalue weighted by Gasteiger charge is 2.27. The van der Waals surface area contributed by atoms with Gasteiger partial charge in [0.05, 0.1) is 11.7 Å². The SMILES string of the molecule is O=C(NCCCS(=O)(=O)N1CCN(c2ccccn2)CC1)C(c1ccccc1)c1ccccc1. The van der Waals surface area contributed by atoms with Crippen LogP contribution in [0.3, 0.4) is 0 Å². The van der Waals surface area contributed by atoms with Crippen molar-refractivity contribution < 1.29 is 13.2 Å². The molecule has 8 heteroatoms. The Kier molecular flexibility index (Phi) is 7.92. The minimum Gasteiger partial charge on any atom is -0.355 e. The van der Waals surface area contributed by atoms with Gasteiger partial charge in [0.15, 0.2) is 0 Å². The van der Waals surface area contributed by atoms with Gasteiger partial charge in [-0.05, 0) is 29.7 Å². The van der Waals surface area contributed by atoms with Crippen molar-refractivity contribution in [3.63, 3.8) is 0 Å². The molecule has 1 aliphatic heterocycles. The number of hydrogen-bond donors (Lipinski definition) is 1. The van der Waals surface area contributed by atoms with Crippen molar-refractivity contribution in [3.05, 3.63) is 96.2 Å². The Balaban J connectivity index is 1.28. The standard InChI is InChI=1S/C26H30N4O3S/c31-26(25(22-10-3-1-4-11-22)23-12-5-2-6-13-23)28-16-9-21-34(32,33)30-19-17-29(18-20-30)24-14-7-8-15-27-24/h1-8,10-15,25H,9,16-21H2,(H,28,31). The summed E-state index contributed by atoms with van der Waals surface area (Å²) in [6.45, 7) is 2.42. The van der Waals surface area contributed by atoms with Crippen LogP contribution < -0.4 is 10.2 Å². The van der Waals surface area contributed by atoms with E-state index in [0.717, 1.165) is 16.9 Å². The van der Waals surface area contributed by atoms with Gasteiger partial charge in [-0.15, -0.1) is 0 Å². The fourth-order valence-corrected chi connectivity index (χ4v) is 5.71. The van der Waals surface area contributed by atoms with Crippen LogP contribution in [0.1, 0.15) is 23.5 Å². The average Bonchev–Trinajstić information content (AvgIpc) is 2.89. The Bertz CT molecular complexity index is 1110. The molecule has 0 spiro atoms. The Morgan fingerprint density at radius 2 is 1.44 bits per heavy atom. The lowest BCUT2D eigenvalue weighted by Gasteiger charge is -2.34. The average molecular weight is 479 g/mol. The highest BCUT2D eigenvalue weighted by molar-refractivity contribution is 7.89. The molecule has 0 bridgehead atoms.